The molecule has 0 aliphatic rings. The van der Waals surface area contributed by atoms with Gasteiger partial charge in [-0.2, -0.15) is 0 Å². The largest absolute Gasteiger partial charge is 0.409 e. The summed E-state index contributed by atoms with van der Waals surface area (Å²) in [6.45, 7) is 3.37. The van der Waals surface area contributed by atoms with Crippen molar-refractivity contribution in [3.8, 4) is 0 Å². The second-order valence-corrected chi connectivity index (χ2v) is 1.03. The zero-order chi connectivity index (χ0) is 5.70. The van der Waals surface area contributed by atoms with Gasteiger partial charge in [-0.3, -0.25) is 0 Å². The number of hydrogen-bond donors (Lipinski definition) is 1. The van der Waals surface area contributed by atoms with E-state index in [1.54, 1.807) is 20.1 Å². The van der Waals surface area contributed by atoms with Crippen LogP contribution in [0.2, 0.25) is 0 Å². The van der Waals surface area contributed by atoms with Gasteiger partial charge in [0.15, 0.2) is 5.84 Å². The Morgan fingerprint density at radius 2 is 2.29 bits per heavy atom. The van der Waals surface area contributed by atoms with Crippen LogP contribution in [0.25, 0.3) is 0 Å². The summed E-state index contributed by atoms with van der Waals surface area (Å²) < 4.78 is 0. The molecule has 0 saturated heterocycles. The lowest BCUT2D eigenvalue weighted by Gasteiger charge is -1.79. The van der Waals surface area contributed by atoms with E-state index in [0.717, 1.165) is 0 Å². The molecule has 0 rings (SSSR count). The van der Waals surface area contributed by atoms with E-state index < -0.39 is 0 Å². The van der Waals surface area contributed by atoms with Crippen molar-refractivity contribution in [2.24, 2.45) is 10.1 Å². The van der Waals surface area contributed by atoms with Gasteiger partial charge in [0.2, 0.25) is 0 Å². The topological polar surface area (TPSA) is 45.0 Å². The van der Waals surface area contributed by atoms with Crippen molar-refractivity contribution >= 4 is 12.1 Å². The third-order valence-corrected chi connectivity index (χ3v) is 0.461. The van der Waals surface area contributed by atoms with Gasteiger partial charge >= 0.3 is 0 Å². The summed E-state index contributed by atoms with van der Waals surface area (Å²) in [6, 6.07) is 0. The van der Waals surface area contributed by atoms with Crippen molar-refractivity contribution in [1.29, 1.82) is 0 Å². The van der Waals surface area contributed by atoms with Gasteiger partial charge in [-0.15, -0.1) is 0 Å². The lowest BCUT2D eigenvalue weighted by Crippen LogP contribution is -1.82. The van der Waals surface area contributed by atoms with Crippen LogP contribution in [-0.4, -0.2) is 17.3 Å². The normalized spacial score (nSPS) is 13.1. The summed E-state index contributed by atoms with van der Waals surface area (Å²) in [5.41, 5.74) is 0. The maximum absolute atomic E-state index is 7.94. The fourth-order valence-electron chi connectivity index (χ4n) is 0.213. The molecule has 0 unspecified atom stereocenters. The first-order valence-corrected chi connectivity index (χ1v) is 1.98. The molecule has 0 radical (unpaired) electrons. The third kappa shape index (κ3) is 2.96. The van der Waals surface area contributed by atoms with Crippen LogP contribution in [0.5, 0.6) is 0 Å². The molecular weight excluding hydrogens is 92.1 g/mol. The van der Waals surface area contributed by atoms with Crippen LogP contribution < -0.4 is 0 Å². The summed E-state index contributed by atoms with van der Waals surface area (Å²) in [6.07, 6.45) is 1.56. The van der Waals surface area contributed by atoms with Gasteiger partial charge in [-0.1, -0.05) is 5.16 Å². The van der Waals surface area contributed by atoms with Crippen molar-refractivity contribution in [3.63, 3.8) is 0 Å². The van der Waals surface area contributed by atoms with Gasteiger partial charge in [-0.25, -0.2) is 4.99 Å². The van der Waals surface area contributed by atoms with Crippen LogP contribution in [-0.2, 0) is 0 Å². The van der Waals surface area contributed by atoms with Crippen molar-refractivity contribution in [1.82, 2.24) is 0 Å². The van der Waals surface area contributed by atoms with Crippen LogP contribution in [0.3, 0.4) is 0 Å². The Balaban J connectivity index is 3.58. The predicted octanol–water partition coefficient (Wildman–Crippen LogP) is 0.885. The Kier molecular flexibility index (Phi) is 2.92. The number of amidine groups is 1. The highest BCUT2D eigenvalue weighted by atomic mass is 16.4. The molecule has 0 aromatic heterocycles. The van der Waals surface area contributed by atoms with Gasteiger partial charge in [0.25, 0.3) is 0 Å². The second kappa shape index (κ2) is 3.33. The van der Waals surface area contributed by atoms with Crippen molar-refractivity contribution < 1.29 is 5.21 Å². The Morgan fingerprint density at radius 1 is 1.71 bits per heavy atom. The SMILES string of the molecule is CC=N/C(C)=N\O. The monoisotopic (exact) mass is 100 g/mol. The third-order valence-electron chi connectivity index (χ3n) is 0.461. The fraction of sp³-hybridized carbons (Fsp3) is 0.500. The smallest absolute Gasteiger partial charge is 0.163 e. The fourth-order valence-corrected chi connectivity index (χ4v) is 0.213. The molecule has 0 aromatic carbocycles. The Bertz CT molecular complexity index is 95.9. The van der Waals surface area contributed by atoms with Crippen molar-refractivity contribution in [3.05, 3.63) is 0 Å². The van der Waals surface area contributed by atoms with E-state index in [4.69, 9.17) is 5.21 Å². The minimum absolute atomic E-state index is 0.377. The van der Waals surface area contributed by atoms with Crippen LogP contribution in [0.4, 0.5) is 0 Å². The molecule has 7 heavy (non-hydrogen) atoms. The molecule has 0 aromatic rings. The van der Waals surface area contributed by atoms with Gasteiger partial charge in [0.05, 0.1) is 0 Å². The summed E-state index contributed by atoms with van der Waals surface area (Å²) in [5, 5.41) is 10.7. The molecular formula is C4H8N2O. The van der Waals surface area contributed by atoms with E-state index in [1.807, 2.05) is 0 Å². The van der Waals surface area contributed by atoms with Gasteiger partial charge in [0, 0.05) is 6.21 Å². The van der Waals surface area contributed by atoms with Gasteiger partial charge in [0.1, 0.15) is 0 Å². The highest BCUT2D eigenvalue weighted by Gasteiger charge is 1.75. The highest BCUT2D eigenvalue weighted by Crippen LogP contribution is 1.71. The van der Waals surface area contributed by atoms with Crippen molar-refractivity contribution in [2.45, 2.75) is 13.8 Å². The van der Waals surface area contributed by atoms with E-state index in [0.29, 0.717) is 5.84 Å². The van der Waals surface area contributed by atoms with Crippen LogP contribution in [0.1, 0.15) is 13.8 Å². The van der Waals surface area contributed by atoms with Crippen molar-refractivity contribution in [2.75, 3.05) is 0 Å². The molecule has 0 spiro atoms. The minimum atomic E-state index is 0.377. The number of oxime groups is 1. The number of nitrogens with zero attached hydrogens (tertiary/aromatic N) is 2. The van der Waals surface area contributed by atoms with Crippen LogP contribution in [0.15, 0.2) is 10.1 Å². The lowest BCUT2D eigenvalue weighted by molar-refractivity contribution is 0.318. The van der Waals surface area contributed by atoms with Gasteiger partial charge in [-0.05, 0) is 13.8 Å². The molecule has 0 aliphatic heterocycles. The summed E-state index contributed by atoms with van der Waals surface area (Å²) in [5.74, 6) is 0.377. The molecule has 0 heterocycles. The van der Waals surface area contributed by atoms with E-state index >= 15 is 0 Å². The predicted molar refractivity (Wildman–Crippen MR) is 29.1 cm³/mol. The maximum Gasteiger partial charge on any atom is 0.163 e. The quantitative estimate of drug-likeness (QED) is 0.209. The highest BCUT2D eigenvalue weighted by molar-refractivity contribution is 5.86. The first kappa shape index (κ1) is 6.14. The molecule has 0 fully saturated rings. The minimum Gasteiger partial charge on any atom is -0.409 e. The average Bonchev–Trinajstić information content (AvgIpc) is 1.68. The first-order chi connectivity index (χ1) is 3.31. The Hall–Kier alpha value is -0.860. The average molecular weight is 100 g/mol. The molecule has 0 amide bonds. The lowest BCUT2D eigenvalue weighted by atomic mass is 10.7. The van der Waals surface area contributed by atoms with E-state index in [2.05, 4.69) is 10.1 Å². The van der Waals surface area contributed by atoms with E-state index in [9.17, 15) is 0 Å². The molecule has 0 aliphatic carbocycles. The Labute approximate surface area is 42.4 Å². The molecule has 3 nitrogen and oxygen atoms in total. The molecule has 0 atom stereocenters. The van der Waals surface area contributed by atoms with Crippen LogP contribution in [0, 0.1) is 0 Å². The summed E-state index contributed by atoms with van der Waals surface area (Å²) >= 11 is 0. The molecule has 1 N–H and O–H groups in total. The summed E-state index contributed by atoms with van der Waals surface area (Å²) in [4.78, 5) is 3.62. The zero-order valence-electron chi connectivity index (χ0n) is 4.42. The number of hydrogen-bond acceptors (Lipinski definition) is 2. The standard InChI is InChI=1S/C4H8N2O/c1-3-5-4(2)6-7/h3,7H,1-2H3/b5-3?,6-4-. The molecule has 3 heteroatoms. The summed E-state index contributed by atoms with van der Waals surface area (Å²) in [7, 11) is 0. The molecule has 0 saturated carbocycles. The Morgan fingerprint density at radius 3 is 2.43 bits per heavy atom. The number of rotatable bonds is 0. The zero-order valence-corrected chi connectivity index (χ0v) is 4.42. The van der Waals surface area contributed by atoms with Crippen LogP contribution >= 0.6 is 0 Å². The molecule has 40 valence electrons. The van der Waals surface area contributed by atoms with E-state index in [1.165, 1.54) is 0 Å². The molecule has 0 bridgehead atoms. The van der Waals surface area contributed by atoms with E-state index in [-0.39, 0.29) is 0 Å². The second-order valence-electron chi connectivity index (χ2n) is 1.03. The first-order valence-electron chi connectivity index (χ1n) is 1.98. The number of aliphatic imine (C=N–C) groups is 1. The van der Waals surface area contributed by atoms with Gasteiger partial charge < -0.3 is 5.21 Å². The maximum atomic E-state index is 7.94.